The van der Waals surface area contributed by atoms with E-state index in [0.717, 1.165) is 24.7 Å². The van der Waals surface area contributed by atoms with Crippen molar-refractivity contribution in [1.29, 1.82) is 0 Å². The summed E-state index contributed by atoms with van der Waals surface area (Å²) in [6.45, 7) is 4.42. The van der Waals surface area contributed by atoms with Gasteiger partial charge in [0.2, 0.25) is 0 Å². The molecule has 0 saturated carbocycles. The minimum atomic E-state index is -1.44. The van der Waals surface area contributed by atoms with Crippen molar-refractivity contribution in [2.24, 2.45) is 4.74 Å². The lowest BCUT2D eigenvalue weighted by Crippen LogP contribution is -1.93. The summed E-state index contributed by atoms with van der Waals surface area (Å²) in [6, 6.07) is 8.15. The molecule has 0 aliphatic heterocycles. The van der Waals surface area contributed by atoms with Gasteiger partial charge < -0.3 is 4.89 Å². The van der Waals surface area contributed by atoms with Gasteiger partial charge in [-0.05, 0) is 37.3 Å². The third-order valence-electron chi connectivity index (χ3n) is 3.71. The van der Waals surface area contributed by atoms with Crippen LogP contribution >= 0.6 is 7.94 Å². The molecule has 21 heavy (non-hydrogen) atoms. The molecular weight excluding hydrogens is 277 g/mol. The van der Waals surface area contributed by atoms with E-state index in [9.17, 15) is 4.89 Å². The van der Waals surface area contributed by atoms with Gasteiger partial charge in [-0.15, -0.1) is 0 Å². The average molecular weight is 307 g/mol. The number of aryl methyl sites for hydroxylation is 1. The Morgan fingerprint density at radius 3 is 2.33 bits per heavy atom. The van der Waals surface area contributed by atoms with Gasteiger partial charge in [0.05, 0.1) is 0 Å². The van der Waals surface area contributed by atoms with Crippen LogP contribution in [0.15, 0.2) is 29.0 Å². The molecule has 2 nitrogen and oxygen atoms in total. The fourth-order valence-electron chi connectivity index (χ4n) is 2.38. The highest BCUT2D eigenvalue weighted by atomic mass is 31.1. The first kappa shape index (κ1) is 18.3. The second-order valence-corrected chi connectivity index (χ2v) is 7.03. The molecule has 0 aromatic heterocycles. The van der Waals surface area contributed by atoms with Crippen LogP contribution in [0.4, 0.5) is 5.69 Å². The molecule has 0 radical (unpaired) electrons. The molecule has 1 aromatic carbocycles. The van der Waals surface area contributed by atoms with E-state index < -0.39 is 7.94 Å². The molecule has 0 aliphatic carbocycles. The van der Waals surface area contributed by atoms with Gasteiger partial charge in [0.1, 0.15) is 11.8 Å². The molecule has 0 fully saturated rings. The summed E-state index contributed by atoms with van der Waals surface area (Å²) in [5.74, 6) is 0. The van der Waals surface area contributed by atoms with Gasteiger partial charge in [0.25, 0.3) is 0 Å². The molecule has 118 valence electrons. The van der Waals surface area contributed by atoms with E-state index in [2.05, 4.69) is 24.7 Å². The third-order valence-corrected chi connectivity index (χ3v) is 4.85. The van der Waals surface area contributed by atoms with Gasteiger partial charge in [-0.2, -0.15) is 0 Å². The normalized spacial score (nSPS) is 11.9. The van der Waals surface area contributed by atoms with Crippen molar-refractivity contribution in [2.45, 2.75) is 71.6 Å². The molecule has 0 bridgehead atoms. The number of benzene rings is 1. The summed E-state index contributed by atoms with van der Waals surface area (Å²) in [6.07, 6.45) is 11.5. The molecule has 0 aliphatic rings. The van der Waals surface area contributed by atoms with Gasteiger partial charge in [-0.1, -0.05) is 68.9 Å². The Kier molecular flexibility index (Phi) is 10.4. The van der Waals surface area contributed by atoms with Crippen molar-refractivity contribution in [3.8, 4) is 0 Å². The van der Waals surface area contributed by atoms with Crippen LogP contribution in [-0.2, 0) is 6.42 Å². The molecule has 0 heterocycles. The van der Waals surface area contributed by atoms with E-state index in [1.807, 2.05) is 18.2 Å². The molecule has 1 aromatic rings. The minimum Gasteiger partial charge on any atom is -0.612 e. The summed E-state index contributed by atoms with van der Waals surface area (Å²) in [4.78, 5) is 12.1. The van der Waals surface area contributed by atoms with Crippen molar-refractivity contribution in [3.63, 3.8) is 0 Å². The quantitative estimate of drug-likeness (QED) is 0.367. The number of hydrogen-bond donors (Lipinski definition) is 0. The van der Waals surface area contributed by atoms with E-state index in [0.29, 0.717) is 0 Å². The highest BCUT2D eigenvalue weighted by Gasteiger charge is 2.05. The van der Waals surface area contributed by atoms with Gasteiger partial charge in [0.15, 0.2) is 7.94 Å². The number of hydrogen-bond acceptors (Lipinski definition) is 2. The fraction of sp³-hybridized carbons (Fsp3) is 0.667. The average Bonchev–Trinajstić information content (AvgIpc) is 2.50. The Morgan fingerprint density at radius 2 is 1.57 bits per heavy atom. The maximum Gasteiger partial charge on any atom is 0.170 e. The predicted octanol–water partition coefficient (Wildman–Crippen LogP) is 5.96. The van der Waals surface area contributed by atoms with E-state index in [4.69, 9.17) is 0 Å². The van der Waals surface area contributed by atoms with Gasteiger partial charge >= 0.3 is 0 Å². The second-order valence-electron chi connectivity index (χ2n) is 5.68. The molecule has 0 saturated heterocycles. The molecule has 1 rings (SSSR count). The highest BCUT2D eigenvalue weighted by Crippen LogP contribution is 2.29. The van der Waals surface area contributed by atoms with E-state index in [-0.39, 0.29) is 0 Å². The smallest absolute Gasteiger partial charge is 0.170 e. The predicted molar refractivity (Wildman–Crippen MR) is 92.3 cm³/mol. The standard InChI is InChI=1S/C18H30NOP/c1-3-5-7-8-9-12-16-21(20)19-18-15-11-10-14-17(18)13-6-4-2/h10-11,14-15H,3-9,12-13,16H2,1-2H3. The summed E-state index contributed by atoms with van der Waals surface area (Å²) < 4.78 is 4.46. The zero-order valence-corrected chi connectivity index (χ0v) is 14.6. The van der Waals surface area contributed by atoms with Crippen LogP contribution in [0.1, 0.15) is 70.8 Å². The largest absolute Gasteiger partial charge is 0.612 e. The molecule has 0 spiro atoms. The Hall–Kier alpha value is -0.720. The Balaban J connectivity index is 2.42. The Bertz CT molecular complexity index is 417. The van der Waals surface area contributed by atoms with Crippen molar-refractivity contribution >= 4 is 13.6 Å². The van der Waals surface area contributed by atoms with Crippen molar-refractivity contribution < 1.29 is 4.89 Å². The van der Waals surface area contributed by atoms with Gasteiger partial charge in [-0.25, -0.2) is 0 Å². The minimum absolute atomic E-state index is 0.740. The molecule has 1 unspecified atom stereocenters. The zero-order chi connectivity index (χ0) is 15.3. The second kappa shape index (κ2) is 11.9. The number of rotatable bonds is 11. The maximum atomic E-state index is 12.1. The number of nitrogens with zero attached hydrogens (tertiary/aromatic N) is 1. The molecule has 1 atom stereocenters. The van der Waals surface area contributed by atoms with Crippen molar-refractivity contribution in [3.05, 3.63) is 29.8 Å². The van der Waals surface area contributed by atoms with Gasteiger partial charge in [0, 0.05) is 0 Å². The molecular formula is C18H30NOP. The van der Waals surface area contributed by atoms with E-state index >= 15 is 0 Å². The SMILES string of the molecule is CCCCCCCC[P+]([O-])=Nc1ccccc1CCCC. The lowest BCUT2D eigenvalue weighted by molar-refractivity contribution is -0.155. The van der Waals surface area contributed by atoms with Crippen LogP contribution in [0.2, 0.25) is 0 Å². The summed E-state index contributed by atoms with van der Waals surface area (Å²) in [5, 5.41) is 0. The first-order chi connectivity index (χ1) is 10.3. The van der Waals surface area contributed by atoms with Crippen molar-refractivity contribution in [2.75, 3.05) is 6.16 Å². The topological polar surface area (TPSA) is 35.4 Å². The maximum absolute atomic E-state index is 12.1. The van der Waals surface area contributed by atoms with Crippen LogP contribution in [0.25, 0.3) is 0 Å². The first-order valence-electron chi connectivity index (χ1n) is 8.52. The lowest BCUT2D eigenvalue weighted by atomic mass is 10.1. The van der Waals surface area contributed by atoms with Crippen LogP contribution in [0, 0.1) is 0 Å². The lowest BCUT2D eigenvalue weighted by Gasteiger charge is -2.04. The first-order valence-corrected chi connectivity index (χ1v) is 9.92. The Morgan fingerprint density at radius 1 is 0.905 bits per heavy atom. The summed E-state index contributed by atoms with van der Waals surface area (Å²) >= 11 is 0. The van der Waals surface area contributed by atoms with Crippen molar-refractivity contribution in [1.82, 2.24) is 0 Å². The van der Waals surface area contributed by atoms with Crippen LogP contribution < -0.4 is 4.89 Å². The van der Waals surface area contributed by atoms with Crippen LogP contribution in [-0.4, -0.2) is 6.16 Å². The van der Waals surface area contributed by atoms with E-state index in [1.165, 1.54) is 50.5 Å². The van der Waals surface area contributed by atoms with Gasteiger partial charge in [-0.3, -0.25) is 0 Å². The fourth-order valence-corrected chi connectivity index (χ4v) is 3.41. The molecule has 0 N–H and O–H groups in total. The zero-order valence-electron chi connectivity index (χ0n) is 13.7. The van der Waals surface area contributed by atoms with Crippen LogP contribution in [0.3, 0.4) is 0 Å². The highest BCUT2D eigenvalue weighted by molar-refractivity contribution is 7.39. The summed E-state index contributed by atoms with van der Waals surface area (Å²) in [7, 11) is -1.44. The van der Waals surface area contributed by atoms with E-state index in [1.54, 1.807) is 0 Å². The van der Waals surface area contributed by atoms with Crippen LogP contribution in [0.5, 0.6) is 0 Å². The summed E-state index contributed by atoms with van der Waals surface area (Å²) in [5.41, 5.74) is 2.18. The third kappa shape index (κ3) is 8.34. The Labute approximate surface area is 131 Å². The monoisotopic (exact) mass is 307 g/mol. The molecule has 0 amide bonds. The number of unbranched alkanes of at least 4 members (excludes halogenated alkanes) is 6. The molecule has 3 heteroatoms.